The second kappa shape index (κ2) is 7.07. The van der Waals surface area contributed by atoms with Crippen molar-refractivity contribution in [1.82, 2.24) is 4.90 Å². The molecule has 4 atom stereocenters. The van der Waals surface area contributed by atoms with E-state index in [4.69, 9.17) is 9.47 Å². The van der Waals surface area contributed by atoms with Crippen molar-refractivity contribution in [3.63, 3.8) is 0 Å². The van der Waals surface area contributed by atoms with Gasteiger partial charge >= 0.3 is 173 Å². The third-order valence-electron chi connectivity index (χ3n) is 6.70. The van der Waals surface area contributed by atoms with Crippen LogP contribution in [0.5, 0.6) is 11.5 Å². The first kappa shape index (κ1) is 18.5. The van der Waals surface area contributed by atoms with Crippen LogP contribution >= 0.6 is 0 Å². The molecule has 148 valence electrons. The number of rotatable bonds is 3. The molecule has 2 aromatic carbocycles. The molecule has 2 aliphatic heterocycles. The van der Waals surface area contributed by atoms with Gasteiger partial charge < -0.3 is 0 Å². The zero-order chi connectivity index (χ0) is 19.3. The molecule has 0 aromatic heterocycles. The van der Waals surface area contributed by atoms with Gasteiger partial charge in [-0.1, -0.05) is 0 Å². The van der Waals surface area contributed by atoms with Gasteiger partial charge in [-0.05, 0) is 0 Å². The Morgan fingerprint density at radius 3 is 2.79 bits per heavy atom. The van der Waals surface area contributed by atoms with Crippen LogP contribution in [0.2, 0.25) is 4.82 Å². The van der Waals surface area contributed by atoms with Gasteiger partial charge in [0.05, 0.1) is 0 Å². The Hall–Kier alpha value is -1.52. The molecule has 1 unspecified atom stereocenters. The molecule has 0 saturated heterocycles. The number of hydrogen-bond acceptors (Lipinski definition) is 4. The average Bonchev–Trinajstić information content (AvgIpc) is 2.98. The summed E-state index contributed by atoms with van der Waals surface area (Å²) in [6.45, 7) is 1.86. The average molecular weight is 444 g/mol. The standard InChI is InChI=1S/C23H27NO3Se/c1-24-13-12-23-19(27-21-17(26-2)9-8-15(14-24)20(21)23)11-10-18(22(23)25)28-16-6-4-3-5-7-16/h3-9,18-19,22,25H,10-14H2,1-2H3/t18-,19-,22+,23?/m0/s1. The Bertz CT molecular complexity index is 874. The summed E-state index contributed by atoms with van der Waals surface area (Å²) in [4.78, 5) is 2.67. The fourth-order valence-electron chi connectivity index (χ4n) is 5.37. The summed E-state index contributed by atoms with van der Waals surface area (Å²) in [6, 6.07) is 14.9. The van der Waals surface area contributed by atoms with Crippen molar-refractivity contribution in [2.75, 3.05) is 20.7 Å². The van der Waals surface area contributed by atoms with Gasteiger partial charge in [0, 0.05) is 0 Å². The summed E-state index contributed by atoms with van der Waals surface area (Å²) >= 11 is 0.250. The number of aliphatic hydroxyl groups is 1. The van der Waals surface area contributed by atoms with Crippen LogP contribution in [0.15, 0.2) is 42.5 Å². The van der Waals surface area contributed by atoms with Crippen LogP contribution in [-0.4, -0.2) is 57.9 Å². The molecular weight excluding hydrogens is 417 g/mol. The Balaban J connectivity index is 1.60. The third kappa shape index (κ3) is 2.72. The molecule has 28 heavy (non-hydrogen) atoms. The number of methoxy groups -OCH3 is 1. The van der Waals surface area contributed by atoms with E-state index in [0.29, 0.717) is 4.82 Å². The third-order valence-corrected chi connectivity index (χ3v) is 9.51. The minimum absolute atomic E-state index is 0.0434. The van der Waals surface area contributed by atoms with Crippen LogP contribution < -0.4 is 13.9 Å². The Labute approximate surface area is 173 Å². The quantitative estimate of drug-likeness (QED) is 0.739. The summed E-state index contributed by atoms with van der Waals surface area (Å²) in [5.41, 5.74) is 2.19. The van der Waals surface area contributed by atoms with Crippen molar-refractivity contribution in [3.05, 3.63) is 53.6 Å². The van der Waals surface area contributed by atoms with Gasteiger partial charge in [0.25, 0.3) is 0 Å². The zero-order valence-corrected chi connectivity index (χ0v) is 18.1. The predicted molar refractivity (Wildman–Crippen MR) is 111 cm³/mol. The van der Waals surface area contributed by atoms with Crippen molar-refractivity contribution < 1.29 is 14.6 Å². The van der Waals surface area contributed by atoms with Gasteiger partial charge in [-0.3, -0.25) is 0 Å². The van der Waals surface area contributed by atoms with Crippen molar-refractivity contribution in [2.45, 2.75) is 48.2 Å². The van der Waals surface area contributed by atoms with Gasteiger partial charge in [0.2, 0.25) is 0 Å². The van der Waals surface area contributed by atoms with E-state index in [1.54, 1.807) is 7.11 Å². The number of aliphatic hydroxyl groups excluding tert-OH is 1. The number of hydrogen-bond donors (Lipinski definition) is 1. The van der Waals surface area contributed by atoms with E-state index in [-0.39, 0.29) is 32.6 Å². The summed E-state index contributed by atoms with van der Waals surface area (Å²) in [5, 5.41) is 11.8. The second-order valence-electron chi connectivity index (χ2n) is 8.26. The maximum atomic E-state index is 11.8. The van der Waals surface area contributed by atoms with E-state index < -0.39 is 0 Å². The molecule has 0 bridgehead atoms. The van der Waals surface area contributed by atoms with Crippen LogP contribution in [0.3, 0.4) is 0 Å². The molecule has 2 heterocycles. The van der Waals surface area contributed by atoms with Crippen LogP contribution in [0.4, 0.5) is 0 Å². The van der Waals surface area contributed by atoms with E-state index in [1.165, 1.54) is 15.6 Å². The van der Waals surface area contributed by atoms with Crippen LogP contribution in [0.25, 0.3) is 0 Å². The molecule has 2 aromatic rings. The molecule has 0 amide bonds. The summed E-state index contributed by atoms with van der Waals surface area (Å²) < 4.78 is 13.5. The molecule has 0 radical (unpaired) electrons. The fraction of sp³-hybridized carbons (Fsp3) is 0.478. The summed E-state index contributed by atoms with van der Waals surface area (Å²) in [7, 11) is 3.88. The molecule has 5 rings (SSSR count). The van der Waals surface area contributed by atoms with Crippen molar-refractivity contribution in [2.24, 2.45) is 0 Å². The van der Waals surface area contributed by atoms with Gasteiger partial charge in [0.15, 0.2) is 0 Å². The number of benzene rings is 2. The second-order valence-corrected chi connectivity index (χ2v) is 11.0. The van der Waals surface area contributed by atoms with Crippen molar-refractivity contribution in [3.8, 4) is 11.5 Å². The fourth-order valence-corrected chi connectivity index (χ4v) is 8.07. The molecule has 1 fully saturated rings. The molecular formula is C23H27NO3Se. The Kier molecular flexibility index (Phi) is 4.67. The normalized spacial score (nSPS) is 31.5. The van der Waals surface area contributed by atoms with Crippen LogP contribution in [0, 0.1) is 0 Å². The number of nitrogens with zero attached hydrogens (tertiary/aromatic N) is 1. The van der Waals surface area contributed by atoms with Gasteiger partial charge in [-0.15, -0.1) is 0 Å². The molecule has 1 spiro atoms. The molecule has 4 nitrogen and oxygen atoms in total. The SMILES string of the molecule is COc1ccc2c3c1O[C@H]1CC[C@H]([Se]c4ccccc4)[C@@H](O)C31CCN(C)C2. The van der Waals surface area contributed by atoms with Crippen molar-refractivity contribution >= 4 is 19.4 Å². The van der Waals surface area contributed by atoms with Crippen molar-refractivity contribution in [1.29, 1.82) is 0 Å². The van der Waals surface area contributed by atoms with Crippen LogP contribution in [0.1, 0.15) is 30.4 Å². The Morgan fingerprint density at radius 1 is 1.18 bits per heavy atom. The monoisotopic (exact) mass is 445 g/mol. The van der Waals surface area contributed by atoms with E-state index in [1.807, 2.05) is 6.07 Å². The van der Waals surface area contributed by atoms with E-state index >= 15 is 0 Å². The topological polar surface area (TPSA) is 41.9 Å². The first-order valence-electron chi connectivity index (χ1n) is 10.1. The first-order valence-corrected chi connectivity index (χ1v) is 11.9. The first-order chi connectivity index (χ1) is 13.6. The Morgan fingerprint density at radius 2 is 2.00 bits per heavy atom. The zero-order valence-electron chi connectivity index (χ0n) is 16.4. The number of ether oxygens (including phenoxy) is 2. The van der Waals surface area contributed by atoms with Gasteiger partial charge in [-0.2, -0.15) is 0 Å². The van der Waals surface area contributed by atoms with E-state index in [9.17, 15) is 5.11 Å². The predicted octanol–water partition coefficient (Wildman–Crippen LogP) is 2.50. The molecule has 1 aliphatic carbocycles. The molecule has 1 saturated carbocycles. The summed E-state index contributed by atoms with van der Waals surface area (Å²) in [6.07, 6.45) is 2.61. The molecule has 5 heteroatoms. The van der Waals surface area contributed by atoms with Crippen LogP contribution in [-0.2, 0) is 12.0 Å². The summed E-state index contributed by atoms with van der Waals surface area (Å²) in [5.74, 6) is 1.68. The molecule has 1 N–H and O–H groups in total. The van der Waals surface area contributed by atoms with E-state index in [2.05, 4.69) is 48.3 Å². The van der Waals surface area contributed by atoms with E-state index in [0.717, 1.165) is 43.9 Å². The molecule has 3 aliphatic rings. The minimum atomic E-state index is -0.384. The van der Waals surface area contributed by atoms with Gasteiger partial charge in [0.1, 0.15) is 0 Å². The maximum absolute atomic E-state index is 11.8. The van der Waals surface area contributed by atoms with Gasteiger partial charge in [-0.25, -0.2) is 0 Å².